The Morgan fingerprint density at radius 3 is 3.00 bits per heavy atom. The third-order valence-corrected chi connectivity index (χ3v) is 4.09. The zero-order chi connectivity index (χ0) is 13.0. The molecule has 1 spiro atoms. The summed E-state index contributed by atoms with van der Waals surface area (Å²) in [4.78, 5) is 24.0. The third kappa shape index (κ3) is 1.18. The molecular weight excluding hydrogens is 242 g/mol. The first-order valence-electron chi connectivity index (χ1n) is 6.22. The number of imide groups is 1. The van der Waals surface area contributed by atoms with E-state index in [0.29, 0.717) is 5.76 Å². The molecule has 0 saturated carbocycles. The molecular formula is C15H11NO3. The molecule has 19 heavy (non-hydrogen) atoms. The van der Waals surface area contributed by atoms with E-state index in [-0.39, 0.29) is 24.2 Å². The van der Waals surface area contributed by atoms with Gasteiger partial charge in [-0.3, -0.25) is 14.9 Å². The lowest BCUT2D eigenvalue weighted by Gasteiger charge is -2.39. The maximum absolute atomic E-state index is 12.1. The number of ether oxygens (including phenoxy) is 1. The summed E-state index contributed by atoms with van der Waals surface area (Å²) in [5.41, 5.74) is 0.281. The number of fused-ring (bicyclic) bond motifs is 1. The fourth-order valence-corrected chi connectivity index (χ4v) is 3.30. The lowest BCUT2D eigenvalue weighted by atomic mass is 9.63. The van der Waals surface area contributed by atoms with Crippen LogP contribution in [0.5, 0.6) is 5.75 Å². The van der Waals surface area contributed by atoms with E-state index in [1.165, 1.54) is 0 Å². The van der Waals surface area contributed by atoms with Gasteiger partial charge in [0.25, 0.3) is 0 Å². The smallest absolute Gasteiger partial charge is 0.234 e. The predicted octanol–water partition coefficient (Wildman–Crippen LogP) is 1.43. The zero-order valence-electron chi connectivity index (χ0n) is 10.1. The van der Waals surface area contributed by atoms with Gasteiger partial charge >= 0.3 is 0 Å². The van der Waals surface area contributed by atoms with Gasteiger partial charge in [0.2, 0.25) is 11.8 Å². The number of hydrogen-bond acceptors (Lipinski definition) is 3. The van der Waals surface area contributed by atoms with E-state index in [4.69, 9.17) is 4.74 Å². The minimum atomic E-state index is -0.648. The SMILES string of the molecule is O=C1CC23C(=CC=CC2C(=O)N1)Oc1ccccc13. The Hall–Kier alpha value is -2.36. The van der Waals surface area contributed by atoms with Crippen molar-refractivity contribution in [1.29, 1.82) is 0 Å². The summed E-state index contributed by atoms with van der Waals surface area (Å²) in [7, 11) is 0. The van der Waals surface area contributed by atoms with Crippen LogP contribution >= 0.6 is 0 Å². The first-order chi connectivity index (χ1) is 9.22. The predicted molar refractivity (Wildman–Crippen MR) is 67.2 cm³/mol. The Balaban J connectivity index is 2.00. The lowest BCUT2D eigenvalue weighted by molar-refractivity contribution is -0.138. The minimum absolute atomic E-state index is 0.247. The van der Waals surface area contributed by atoms with E-state index in [9.17, 15) is 9.59 Å². The fourth-order valence-electron chi connectivity index (χ4n) is 3.30. The minimum Gasteiger partial charge on any atom is -0.460 e. The van der Waals surface area contributed by atoms with Crippen LogP contribution in [0.15, 0.2) is 48.3 Å². The molecule has 94 valence electrons. The van der Waals surface area contributed by atoms with E-state index in [1.807, 2.05) is 42.5 Å². The van der Waals surface area contributed by atoms with Crippen molar-refractivity contribution in [2.45, 2.75) is 11.8 Å². The molecule has 2 aliphatic heterocycles. The molecule has 4 heteroatoms. The monoisotopic (exact) mass is 253 g/mol. The van der Waals surface area contributed by atoms with Gasteiger partial charge in [-0.25, -0.2) is 0 Å². The number of nitrogens with one attached hydrogen (secondary N) is 1. The van der Waals surface area contributed by atoms with Gasteiger partial charge in [-0.05, 0) is 12.1 Å². The van der Waals surface area contributed by atoms with Crippen molar-refractivity contribution < 1.29 is 14.3 Å². The van der Waals surface area contributed by atoms with Crippen molar-refractivity contribution in [2.75, 3.05) is 0 Å². The van der Waals surface area contributed by atoms with Gasteiger partial charge in [-0.2, -0.15) is 0 Å². The number of allylic oxidation sites excluding steroid dienone is 3. The summed E-state index contributed by atoms with van der Waals surface area (Å²) in [5.74, 6) is 0.560. The number of para-hydroxylation sites is 1. The largest absolute Gasteiger partial charge is 0.460 e. The van der Waals surface area contributed by atoms with Crippen LogP contribution in [-0.4, -0.2) is 11.8 Å². The molecule has 4 nitrogen and oxygen atoms in total. The standard InChI is InChI=1S/C15H11NO3/c17-13-8-15-9-4-1-2-6-11(9)19-12(15)7-3-5-10(15)14(18)16-13/h1-7,10H,8H2,(H,16,17,18). The maximum atomic E-state index is 12.1. The fraction of sp³-hybridized carbons (Fsp3) is 0.200. The second-order valence-corrected chi connectivity index (χ2v) is 5.05. The first-order valence-corrected chi connectivity index (χ1v) is 6.22. The number of piperidine rings is 1. The van der Waals surface area contributed by atoms with Crippen LogP contribution in [0.4, 0.5) is 0 Å². The molecule has 1 aromatic rings. The Labute approximate surface area is 109 Å². The van der Waals surface area contributed by atoms with E-state index in [1.54, 1.807) is 0 Å². The number of amides is 2. The van der Waals surface area contributed by atoms with Gasteiger partial charge in [0.05, 0.1) is 11.3 Å². The molecule has 0 radical (unpaired) electrons. The van der Waals surface area contributed by atoms with Crippen molar-refractivity contribution in [3.63, 3.8) is 0 Å². The average molecular weight is 253 g/mol. The third-order valence-electron chi connectivity index (χ3n) is 4.09. The highest BCUT2D eigenvalue weighted by molar-refractivity contribution is 6.03. The number of hydrogen-bond donors (Lipinski definition) is 1. The van der Waals surface area contributed by atoms with E-state index < -0.39 is 5.41 Å². The first kappa shape index (κ1) is 10.6. The van der Waals surface area contributed by atoms with E-state index in [2.05, 4.69) is 5.32 Å². The van der Waals surface area contributed by atoms with Crippen LogP contribution in [0.2, 0.25) is 0 Å². The Kier molecular flexibility index (Phi) is 1.86. The van der Waals surface area contributed by atoms with Gasteiger partial charge in [0.15, 0.2) is 0 Å². The van der Waals surface area contributed by atoms with Gasteiger partial charge in [-0.15, -0.1) is 0 Å². The van der Waals surface area contributed by atoms with Gasteiger partial charge < -0.3 is 4.74 Å². The van der Waals surface area contributed by atoms with Gasteiger partial charge in [-0.1, -0.05) is 30.4 Å². The molecule has 0 aromatic heterocycles. The Bertz CT molecular complexity index is 674. The highest BCUT2D eigenvalue weighted by atomic mass is 16.5. The summed E-state index contributed by atoms with van der Waals surface area (Å²) in [6.45, 7) is 0. The molecule has 2 unspecified atom stereocenters. The summed E-state index contributed by atoms with van der Waals surface area (Å²) < 4.78 is 5.85. The summed E-state index contributed by atoms with van der Waals surface area (Å²) in [5, 5.41) is 2.40. The zero-order valence-corrected chi connectivity index (χ0v) is 10.1. The molecule has 1 fully saturated rings. The quantitative estimate of drug-likeness (QED) is 0.712. The van der Waals surface area contributed by atoms with Crippen molar-refractivity contribution in [3.8, 4) is 5.75 Å². The molecule has 2 amide bonds. The second-order valence-electron chi connectivity index (χ2n) is 5.05. The summed E-state index contributed by atoms with van der Waals surface area (Å²) in [6.07, 6.45) is 5.76. The van der Waals surface area contributed by atoms with Crippen molar-refractivity contribution in [2.24, 2.45) is 5.92 Å². The summed E-state index contributed by atoms with van der Waals surface area (Å²) in [6, 6.07) is 7.61. The number of benzene rings is 1. The highest BCUT2D eigenvalue weighted by Crippen LogP contribution is 2.54. The van der Waals surface area contributed by atoms with Crippen LogP contribution in [0.1, 0.15) is 12.0 Å². The number of rotatable bonds is 0. The normalized spacial score (nSPS) is 30.7. The van der Waals surface area contributed by atoms with Crippen molar-refractivity contribution >= 4 is 11.8 Å². The lowest BCUT2D eigenvalue weighted by Crippen LogP contribution is -2.54. The molecule has 3 aliphatic rings. The van der Waals surface area contributed by atoms with Crippen LogP contribution in [0, 0.1) is 5.92 Å². The maximum Gasteiger partial charge on any atom is 0.234 e. The molecule has 2 atom stereocenters. The van der Waals surface area contributed by atoms with Crippen molar-refractivity contribution in [3.05, 3.63) is 53.8 Å². The molecule has 1 aromatic carbocycles. The molecule has 1 N–H and O–H groups in total. The topological polar surface area (TPSA) is 55.4 Å². The van der Waals surface area contributed by atoms with Gasteiger partial charge in [0.1, 0.15) is 11.5 Å². The molecule has 4 rings (SSSR count). The van der Waals surface area contributed by atoms with Crippen LogP contribution < -0.4 is 10.1 Å². The van der Waals surface area contributed by atoms with E-state index in [0.717, 1.165) is 11.3 Å². The van der Waals surface area contributed by atoms with Crippen LogP contribution in [-0.2, 0) is 15.0 Å². The Morgan fingerprint density at radius 2 is 2.11 bits per heavy atom. The molecule has 1 aliphatic carbocycles. The van der Waals surface area contributed by atoms with Crippen LogP contribution in [0.3, 0.4) is 0 Å². The highest BCUT2D eigenvalue weighted by Gasteiger charge is 2.57. The van der Waals surface area contributed by atoms with Crippen LogP contribution in [0.25, 0.3) is 0 Å². The number of carbonyl (C=O) groups is 2. The molecule has 1 saturated heterocycles. The van der Waals surface area contributed by atoms with Gasteiger partial charge in [0, 0.05) is 12.0 Å². The van der Waals surface area contributed by atoms with E-state index >= 15 is 0 Å². The molecule has 2 heterocycles. The Morgan fingerprint density at radius 1 is 1.26 bits per heavy atom. The number of carbonyl (C=O) groups excluding carboxylic acids is 2. The average Bonchev–Trinajstić information content (AvgIpc) is 2.71. The summed E-state index contributed by atoms with van der Waals surface area (Å²) >= 11 is 0. The molecule has 0 bridgehead atoms. The van der Waals surface area contributed by atoms with Crippen molar-refractivity contribution in [1.82, 2.24) is 5.32 Å². The second kappa shape index (κ2) is 3.35.